The Morgan fingerprint density at radius 2 is 1.94 bits per heavy atom. The summed E-state index contributed by atoms with van der Waals surface area (Å²) in [5.41, 5.74) is 5.19. The second-order valence-electron chi connectivity index (χ2n) is 3.19. The fourth-order valence-corrected chi connectivity index (χ4v) is 1.30. The molecule has 1 aromatic heterocycles. The molecule has 6 heteroatoms. The van der Waals surface area contributed by atoms with Crippen LogP contribution in [-0.2, 0) is 13.0 Å². The number of hydrogen-bond acceptors (Lipinski definition) is 4. The first-order chi connectivity index (χ1) is 7.70. The van der Waals surface area contributed by atoms with Gasteiger partial charge in [0.25, 0.3) is 0 Å². The van der Waals surface area contributed by atoms with Crippen molar-refractivity contribution in [3.63, 3.8) is 0 Å². The lowest BCUT2D eigenvalue weighted by molar-refractivity contribution is 0.376. The third-order valence-electron chi connectivity index (χ3n) is 2.08. The van der Waals surface area contributed by atoms with Gasteiger partial charge in [-0.3, -0.25) is 0 Å². The Bertz CT molecular complexity index is 478. The molecule has 2 aromatic rings. The number of halogens is 2. The summed E-state index contributed by atoms with van der Waals surface area (Å²) in [6, 6.07) is 3.66. The summed E-state index contributed by atoms with van der Waals surface area (Å²) in [6.45, 7) is 0.128. The number of benzene rings is 1. The van der Waals surface area contributed by atoms with Crippen LogP contribution in [0.5, 0.6) is 0 Å². The summed E-state index contributed by atoms with van der Waals surface area (Å²) < 4.78 is 31.3. The van der Waals surface area contributed by atoms with E-state index >= 15 is 0 Å². The normalized spacial score (nSPS) is 10.7. The van der Waals surface area contributed by atoms with Crippen molar-refractivity contribution in [3.8, 4) is 0 Å². The number of nitrogens with zero attached hydrogens (tertiary/aromatic N) is 2. The van der Waals surface area contributed by atoms with Crippen LogP contribution in [-0.4, -0.2) is 10.1 Å². The predicted molar refractivity (Wildman–Crippen MR) is 51.4 cm³/mol. The second kappa shape index (κ2) is 4.36. The molecule has 0 amide bonds. The zero-order valence-electron chi connectivity index (χ0n) is 8.28. The SMILES string of the molecule is NCc1noc(Cc2c(F)cccc2F)n1. The lowest BCUT2D eigenvalue weighted by Gasteiger charge is -2.00. The topological polar surface area (TPSA) is 64.9 Å². The van der Waals surface area contributed by atoms with Crippen LogP contribution < -0.4 is 5.73 Å². The van der Waals surface area contributed by atoms with Crippen molar-refractivity contribution in [1.29, 1.82) is 0 Å². The molecule has 0 atom stereocenters. The van der Waals surface area contributed by atoms with Crippen LogP contribution in [0.1, 0.15) is 17.3 Å². The molecule has 0 aliphatic rings. The minimum atomic E-state index is -0.632. The van der Waals surface area contributed by atoms with E-state index in [1.807, 2.05) is 0 Å². The first-order valence-electron chi connectivity index (χ1n) is 4.65. The molecule has 0 unspecified atom stereocenters. The molecule has 0 aliphatic heterocycles. The van der Waals surface area contributed by atoms with E-state index in [-0.39, 0.29) is 24.4 Å². The molecular weight excluding hydrogens is 216 g/mol. The van der Waals surface area contributed by atoms with Gasteiger partial charge < -0.3 is 10.3 Å². The van der Waals surface area contributed by atoms with Crippen molar-refractivity contribution in [3.05, 3.63) is 47.1 Å². The maximum atomic E-state index is 13.3. The molecule has 0 radical (unpaired) electrons. The quantitative estimate of drug-likeness (QED) is 0.857. The van der Waals surface area contributed by atoms with Gasteiger partial charge in [-0.15, -0.1) is 0 Å². The summed E-state index contributed by atoms with van der Waals surface area (Å²) in [5, 5.41) is 3.53. The molecule has 0 saturated carbocycles. The van der Waals surface area contributed by atoms with Crippen LogP contribution in [0, 0.1) is 11.6 Å². The lowest BCUT2D eigenvalue weighted by Crippen LogP contribution is -2.00. The summed E-state index contributed by atoms with van der Waals surface area (Å²) in [4.78, 5) is 3.87. The van der Waals surface area contributed by atoms with Crippen molar-refractivity contribution in [1.82, 2.24) is 10.1 Å². The van der Waals surface area contributed by atoms with E-state index in [1.165, 1.54) is 18.2 Å². The first kappa shape index (κ1) is 10.7. The molecule has 0 aliphatic carbocycles. The maximum absolute atomic E-state index is 13.3. The number of nitrogens with two attached hydrogens (primary N) is 1. The Labute approximate surface area is 90.1 Å². The molecule has 84 valence electrons. The summed E-state index contributed by atoms with van der Waals surface area (Å²) in [7, 11) is 0. The average Bonchev–Trinajstić information content (AvgIpc) is 2.71. The molecule has 1 heterocycles. The summed E-state index contributed by atoms with van der Waals surface area (Å²) in [5.74, 6) is -0.809. The summed E-state index contributed by atoms with van der Waals surface area (Å²) in [6.07, 6.45) is -0.0779. The van der Waals surface area contributed by atoms with E-state index in [0.29, 0.717) is 5.82 Å². The van der Waals surface area contributed by atoms with Gasteiger partial charge >= 0.3 is 0 Å². The third-order valence-corrected chi connectivity index (χ3v) is 2.08. The van der Waals surface area contributed by atoms with Crippen LogP contribution in [0.15, 0.2) is 22.7 Å². The molecule has 0 fully saturated rings. The zero-order valence-corrected chi connectivity index (χ0v) is 8.28. The maximum Gasteiger partial charge on any atom is 0.231 e. The van der Waals surface area contributed by atoms with Crippen LogP contribution in [0.3, 0.4) is 0 Å². The van der Waals surface area contributed by atoms with Crippen molar-refractivity contribution in [2.45, 2.75) is 13.0 Å². The largest absolute Gasteiger partial charge is 0.339 e. The van der Waals surface area contributed by atoms with Crippen molar-refractivity contribution < 1.29 is 13.3 Å². The number of rotatable bonds is 3. The average molecular weight is 225 g/mol. The number of hydrogen-bond donors (Lipinski definition) is 1. The van der Waals surface area contributed by atoms with Crippen LogP contribution in [0.2, 0.25) is 0 Å². The predicted octanol–water partition coefficient (Wildman–Crippen LogP) is 1.40. The smallest absolute Gasteiger partial charge is 0.231 e. The summed E-state index contributed by atoms with van der Waals surface area (Å²) >= 11 is 0. The molecule has 0 bridgehead atoms. The first-order valence-corrected chi connectivity index (χ1v) is 4.65. The fourth-order valence-electron chi connectivity index (χ4n) is 1.30. The second-order valence-corrected chi connectivity index (χ2v) is 3.19. The van der Waals surface area contributed by atoms with E-state index < -0.39 is 11.6 Å². The minimum absolute atomic E-state index is 0.0779. The van der Waals surface area contributed by atoms with Gasteiger partial charge in [0, 0.05) is 5.56 Å². The van der Waals surface area contributed by atoms with Gasteiger partial charge in [0.15, 0.2) is 5.82 Å². The molecular formula is C10H9F2N3O. The highest BCUT2D eigenvalue weighted by molar-refractivity contribution is 5.22. The van der Waals surface area contributed by atoms with Crippen LogP contribution in [0.25, 0.3) is 0 Å². The molecule has 0 spiro atoms. The monoisotopic (exact) mass is 225 g/mol. The zero-order chi connectivity index (χ0) is 11.5. The van der Waals surface area contributed by atoms with Gasteiger partial charge in [0.05, 0.1) is 13.0 Å². The molecule has 1 aromatic carbocycles. The van der Waals surface area contributed by atoms with Gasteiger partial charge in [-0.05, 0) is 12.1 Å². The van der Waals surface area contributed by atoms with Crippen molar-refractivity contribution >= 4 is 0 Å². The molecule has 0 saturated heterocycles. The van der Waals surface area contributed by atoms with Gasteiger partial charge in [-0.2, -0.15) is 4.98 Å². The van der Waals surface area contributed by atoms with E-state index in [1.54, 1.807) is 0 Å². The Kier molecular flexibility index (Phi) is 2.91. The highest BCUT2D eigenvalue weighted by Crippen LogP contribution is 2.15. The van der Waals surface area contributed by atoms with Gasteiger partial charge in [-0.25, -0.2) is 8.78 Å². The molecule has 16 heavy (non-hydrogen) atoms. The van der Waals surface area contributed by atoms with Gasteiger partial charge in [0.1, 0.15) is 11.6 Å². The van der Waals surface area contributed by atoms with Crippen LogP contribution >= 0.6 is 0 Å². The Morgan fingerprint density at radius 1 is 1.25 bits per heavy atom. The van der Waals surface area contributed by atoms with E-state index in [0.717, 1.165) is 0 Å². The van der Waals surface area contributed by atoms with Crippen LogP contribution in [0.4, 0.5) is 8.78 Å². The van der Waals surface area contributed by atoms with Crippen molar-refractivity contribution in [2.75, 3.05) is 0 Å². The minimum Gasteiger partial charge on any atom is -0.339 e. The Morgan fingerprint density at radius 3 is 2.50 bits per heavy atom. The molecule has 4 nitrogen and oxygen atoms in total. The molecule has 2 rings (SSSR count). The van der Waals surface area contributed by atoms with E-state index in [9.17, 15) is 8.78 Å². The Balaban J connectivity index is 2.26. The third kappa shape index (κ3) is 2.06. The van der Waals surface area contributed by atoms with Gasteiger partial charge in [0.2, 0.25) is 5.89 Å². The lowest BCUT2D eigenvalue weighted by atomic mass is 10.1. The van der Waals surface area contributed by atoms with E-state index in [4.69, 9.17) is 10.3 Å². The van der Waals surface area contributed by atoms with Gasteiger partial charge in [-0.1, -0.05) is 11.2 Å². The van der Waals surface area contributed by atoms with E-state index in [2.05, 4.69) is 10.1 Å². The molecule has 2 N–H and O–H groups in total. The highest BCUT2D eigenvalue weighted by Gasteiger charge is 2.13. The number of aromatic nitrogens is 2. The van der Waals surface area contributed by atoms with Crippen molar-refractivity contribution in [2.24, 2.45) is 5.73 Å². The highest BCUT2D eigenvalue weighted by atomic mass is 19.1. The fraction of sp³-hybridized carbons (Fsp3) is 0.200. The standard InChI is InChI=1S/C10H9F2N3O/c11-7-2-1-3-8(12)6(7)4-10-14-9(5-13)15-16-10/h1-3H,4-5,13H2. The Hall–Kier alpha value is -1.82.